The number of hydrogen-bond acceptors (Lipinski definition) is 3. The van der Waals surface area contributed by atoms with E-state index in [2.05, 4.69) is 81.2 Å². The lowest BCUT2D eigenvalue weighted by atomic mass is 9.91. The molecule has 0 aliphatic carbocycles. The smallest absolute Gasteiger partial charge is 0.191 e. The fraction of sp³-hybridized carbons (Fsp3) is 0.458. The predicted molar refractivity (Wildman–Crippen MR) is 134 cm³/mol. The van der Waals surface area contributed by atoms with E-state index in [0.29, 0.717) is 6.04 Å². The minimum atomic E-state index is 0. The van der Waals surface area contributed by atoms with Crippen LogP contribution >= 0.6 is 24.0 Å². The molecule has 4 rings (SSSR count). The van der Waals surface area contributed by atoms with E-state index < -0.39 is 0 Å². The van der Waals surface area contributed by atoms with Gasteiger partial charge in [0.15, 0.2) is 5.96 Å². The summed E-state index contributed by atoms with van der Waals surface area (Å²) >= 11 is 0. The lowest BCUT2D eigenvalue weighted by Gasteiger charge is -2.35. The van der Waals surface area contributed by atoms with Gasteiger partial charge in [0.05, 0.1) is 12.7 Å². The fourth-order valence-corrected chi connectivity index (χ4v) is 4.44. The highest BCUT2D eigenvalue weighted by molar-refractivity contribution is 14.0. The third-order valence-electron chi connectivity index (χ3n) is 6.06. The second-order valence-electron chi connectivity index (χ2n) is 7.95. The Kier molecular flexibility index (Phi) is 8.96. The Morgan fingerprint density at radius 2 is 1.73 bits per heavy atom. The molecule has 2 N–H and O–H groups in total. The van der Waals surface area contributed by atoms with Crippen LogP contribution in [0.5, 0.6) is 0 Å². The van der Waals surface area contributed by atoms with Crippen molar-refractivity contribution in [2.45, 2.75) is 30.9 Å². The van der Waals surface area contributed by atoms with Crippen LogP contribution < -0.4 is 10.6 Å². The molecule has 2 aliphatic heterocycles. The molecule has 0 aromatic heterocycles. The van der Waals surface area contributed by atoms with Crippen LogP contribution in [0.3, 0.4) is 0 Å². The third kappa shape index (κ3) is 5.95. The molecule has 2 aliphatic rings. The molecule has 0 saturated carbocycles. The number of ether oxygens (including phenoxy) is 1. The van der Waals surface area contributed by atoms with Gasteiger partial charge in [-0.2, -0.15) is 0 Å². The molecule has 0 amide bonds. The number of benzene rings is 2. The standard InChI is InChI=1S/C24H32N4O.HI/c1-25-24(26-15-22-17-28-14-8-13-21(28)18-29-22)27-16-23(19-9-4-2-5-10-19)20-11-6-3-7-12-20;/h2-7,9-12,21-23H,8,13-18H2,1H3,(H2,25,26,27);1H. The molecule has 2 unspecified atom stereocenters. The van der Waals surface area contributed by atoms with Crippen molar-refractivity contribution in [3.05, 3.63) is 71.8 Å². The maximum absolute atomic E-state index is 6.06. The number of morpholine rings is 1. The highest BCUT2D eigenvalue weighted by atomic mass is 127. The van der Waals surface area contributed by atoms with Crippen molar-refractivity contribution in [1.29, 1.82) is 0 Å². The number of nitrogens with zero attached hydrogens (tertiary/aromatic N) is 2. The van der Waals surface area contributed by atoms with Gasteiger partial charge in [0.2, 0.25) is 0 Å². The lowest BCUT2D eigenvalue weighted by Crippen LogP contribution is -2.51. The van der Waals surface area contributed by atoms with Gasteiger partial charge in [0.1, 0.15) is 0 Å². The molecular formula is C24H33IN4O. The number of nitrogens with one attached hydrogen (secondary N) is 2. The summed E-state index contributed by atoms with van der Waals surface area (Å²) in [5.74, 6) is 1.10. The first kappa shape index (κ1) is 23.0. The SMILES string of the molecule is CN=C(NCC1CN2CCCC2CO1)NCC(c1ccccc1)c1ccccc1.I. The summed E-state index contributed by atoms with van der Waals surface area (Å²) < 4.78 is 6.06. The Labute approximate surface area is 197 Å². The predicted octanol–water partition coefficient (Wildman–Crippen LogP) is 3.46. The first-order valence-corrected chi connectivity index (χ1v) is 10.7. The Balaban J connectivity index is 0.00000256. The van der Waals surface area contributed by atoms with Crippen molar-refractivity contribution < 1.29 is 4.74 Å². The Morgan fingerprint density at radius 1 is 1.07 bits per heavy atom. The maximum atomic E-state index is 6.06. The molecular weight excluding hydrogens is 487 g/mol. The highest BCUT2D eigenvalue weighted by Gasteiger charge is 2.32. The average Bonchev–Trinajstić information content (AvgIpc) is 3.25. The topological polar surface area (TPSA) is 48.9 Å². The van der Waals surface area contributed by atoms with E-state index >= 15 is 0 Å². The van der Waals surface area contributed by atoms with Crippen LogP contribution in [0, 0.1) is 0 Å². The second kappa shape index (κ2) is 11.7. The number of halogens is 1. The molecule has 2 fully saturated rings. The number of guanidine groups is 1. The summed E-state index contributed by atoms with van der Waals surface area (Å²) in [6, 6.07) is 21.9. The normalized spacial score (nSPS) is 21.7. The van der Waals surface area contributed by atoms with Crippen molar-refractivity contribution in [2.75, 3.05) is 39.8 Å². The first-order valence-electron chi connectivity index (χ1n) is 10.7. The van der Waals surface area contributed by atoms with Crippen molar-refractivity contribution in [3.8, 4) is 0 Å². The van der Waals surface area contributed by atoms with Gasteiger partial charge in [0.25, 0.3) is 0 Å². The molecule has 2 saturated heterocycles. The van der Waals surface area contributed by atoms with Crippen LogP contribution in [0.25, 0.3) is 0 Å². The number of aliphatic imine (C=N–C) groups is 1. The third-order valence-corrected chi connectivity index (χ3v) is 6.06. The van der Waals surface area contributed by atoms with Crippen LogP contribution in [0.2, 0.25) is 0 Å². The van der Waals surface area contributed by atoms with Gasteiger partial charge in [-0.25, -0.2) is 0 Å². The van der Waals surface area contributed by atoms with Crippen molar-refractivity contribution >= 4 is 29.9 Å². The summed E-state index contributed by atoms with van der Waals surface area (Å²) in [5.41, 5.74) is 2.61. The number of fused-ring (bicyclic) bond motifs is 1. The molecule has 162 valence electrons. The van der Waals surface area contributed by atoms with E-state index in [1.54, 1.807) is 0 Å². The summed E-state index contributed by atoms with van der Waals surface area (Å²) in [6.45, 7) is 4.67. The van der Waals surface area contributed by atoms with Crippen LogP contribution in [-0.2, 0) is 4.74 Å². The molecule has 0 bridgehead atoms. The molecule has 6 heteroatoms. The molecule has 0 spiro atoms. The minimum absolute atomic E-state index is 0. The largest absolute Gasteiger partial charge is 0.373 e. The van der Waals surface area contributed by atoms with Gasteiger partial charge >= 0.3 is 0 Å². The van der Waals surface area contributed by atoms with Gasteiger partial charge in [-0.1, -0.05) is 60.7 Å². The Bertz CT molecular complexity index is 747. The van der Waals surface area contributed by atoms with E-state index in [9.17, 15) is 0 Å². The Morgan fingerprint density at radius 3 is 2.37 bits per heavy atom. The minimum Gasteiger partial charge on any atom is -0.373 e. The zero-order valence-electron chi connectivity index (χ0n) is 17.7. The molecule has 0 radical (unpaired) electrons. The summed E-state index contributed by atoms with van der Waals surface area (Å²) in [7, 11) is 1.83. The zero-order valence-corrected chi connectivity index (χ0v) is 20.0. The summed E-state index contributed by atoms with van der Waals surface area (Å²) in [5, 5.41) is 6.99. The van der Waals surface area contributed by atoms with Gasteiger partial charge in [-0.05, 0) is 30.5 Å². The van der Waals surface area contributed by atoms with Crippen molar-refractivity contribution in [3.63, 3.8) is 0 Å². The summed E-state index contributed by atoms with van der Waals surface area (Å²) in [6.07, 6.45) is 2.81. The van der Waals surface area contributed by atoms with E-state index in [-0.39, 0.29) is 36.0 Å². The molecule has 2 aromatic rings. The average molecular weight is 520 g/mol. The first-order chi connectivity index (χ1) is 14.3. The van der Waals surface area contributed by atoms with E-state index in [1.165, 1.54) is 30.5 Å². The van der Waals surface area contributed by atoms with E-state index in [1.807, 2.05) is 7.05 Å². The lowest BCUT2D eigenvalue weighted by molar-refractivity contribution is -0.0453. The van der Waals surface area contributed by atoms with Crippen molar-refractivity contribution in [1.82, 2.24) is 15.5 Å². The molecule has 2 aromatic carbocycles. The monoisotopic (exact) mass is 520 g/mol. The quantitative estimate of drug-likeness (QED) is 0.348. The van der Waals surface area contributed by atoms with Gasteiger partial charge in [0, 0.05) is 38.6 Å². The maximum Gasteiger partial charge on any atom is 0.191 e. The van der Waals surface area contributed by atoms with Crippen LogP contribution in [0.4, 0.5) is 0 Å². The van der Waals surface area contributed by atoms with Gasteiger partial charge in [-0.3, -0.25) is 9.89 Å². The van der Waals surface area contributed by atoms with E-state index in [4.69, 9.17) is 4.74 Å². The molecule has 2 atom stereocenters. The highest BCUT2D eigenvalue weighted by Crippen LogP contribution is 2.24. The van der Waals surface area contributed by atoms with Gasteiger partial charge < -0.3 is 15.4 Å². The summed E-state index contributed by atoms with van der Waals surface area (Å²) in [4.78, 5) is 7.00. The number of hydrogen-bond donors (Lipinski definition) is 2. The molecule has 2 heterocycles. The van der Waals surface area contributed by atoms with Crippen LogP contribution in [0.15, 0.2) is 65.7 Å². The number of rotatable bonds is 6. The van der Waals surface area contributed by atoms with Crippen LogP contribution in [0.1, 0.15) is 29.9 Å². The zero-order chi connectivity index (χ0) is 19.9. The van der Waals surface area contributed by atoms with Gasteiger partial charge in [-0.15, -0.1) is 24.0 Å². The van der Waals surface area contributed by atoms with Crippen LogP contribution in [-0.4, -0.2) is 62.8 Å². The van der Waals surface area contributed by atoms with E-state index in [0.717, 1.165) is 32.2 Å². The molecule has 30 heavy (non-hydrogen) atoms. The van der Waals surface area contributed by atoms with Crippen molar-refractivity contribution in [2.24, 2.45) is 4.99 Å². The molecule has 5 nitrogen and oxygen atoms in total. The Hall–Kier alpha value is -1.64. The second-order valence-corrected chi connectivity index (χ2v) is 7.95. The fourth-order valence-electron chi connectivity index (χ4n) is 4.44.